The Kier molecular flexibility index (Phi) is 31.1. The second-order valence-electron chi connectivity index (χ2n) is 24.8. The maximum Gasteiger partial charge on any atom is 0.173 e. The first-order valence-corrected chi connectivity index (χ1v) is 36.1. The number of hydrogen-bond donors (Lipinski definition) is 0. The van der Waals surface area contributed by atoms with Crippen LogP contribution in [-0.4, -0.2) is 71.5 Å². The van der Waals surface area contributed by atoms with Gasteiger partial charge in [-0.15, -0.1) is 0 Å². The third-order valence-corrected chi connectivity index (χ3v) is 19.7. The van der Waals surface area contributed by atoms with Crippen LogP contribution in [0.1, 0.15) is 222 Å². The van der Waals surface area contributed by atoms with Crippen LogP contribution in [0.15, 0.2) is 110 Å². The van der Waals surface area contributed by atoms with Gasteiger partial charge in [0.25, 0.3) is 0 Å². The van der Waals surface area contributed by atoms with Gasteiger partial charge >= 0.3 is 0 Å². The molecule has 3 aromatic heterocycles. The maximum absolute atomic E-state index is 3.53. The summed E-state index contributed by atoms with van der Waals surface area (Å²) in [6.07, 6.45) is 52.5. The molecule has 444 valence electrons. The normalized spacial score (nSPS) is 17.8. The molecular weight excluding hydrogens is 1190 g/mol. The van der Waals surface area contributed by atoms with Crippen molar-refractivity contribution in [2.45, 2.75) is 230 Å². The summed E-state index contributed by atoms with van der Waals surface area (Å²) in [6, 6.07) is 30.6. The molecule has 6 nitrogen and oxygen atoms in total. The summed E-state index contributed by atoms with van der Waals surface area (Å²) in [5.41, 5.74) is 13.9. The fourth-order valence-corrected chi connectivity index (χ4v) is 14.6. The smallest absolute Gasteiger partial charge is 0.173 e. The molecule has 6 heterocycles. The second kappa shape index (κ2) is 38.3. The zero-order valence-corrected chi connectivity index (χ0v) is 55.8. The number of halogens is 3. The molecule has 8 rings (SSSR count). The third kappa shape index (κ3) is 23.9. The van der Waals surface area contributed by atoms with Crippen LogP contribution < -0.4 is 13.7 Å². The first-order valence-electron chi connectivity index (χ1n) is 32.8. The number of alkyl halides is 3. The summed E-state index contributed by atoms with van der Waals surface area (Å²) in [6.45, 7) is 7.04. The average molecular weight is 1300 g/mol. The summed E-state index contributed by atoms with van der Waals surface area (Å²) in [4.78, 5) is 7.56. The van der Waals surface area contributed by atoms with E-state index in [9.17, 15) is 0 Å². The van der Waals surface area contributed by atoms with Gasteiger partial charge in [-0.2, -0.15) is 0 Å². The van der Waals surface area contributed by atoms with E-state index in [0.29, 0.717) is 18.1 Å². The van der Waals surface area contributed by atoms with Crippen LogP contribution >= 0.6 is 47.8 Å². The molecule has 3 aliphatic rings. The molecule has 0 amide bonds. The van der Waals surface area contributed by atoms with Gasteiger partial charge < -0.3 is 0 Å². The molecule has 2 aromatic carbocycles. The number of unbranched alkanes of at least 4 members (excludes halogenated alkanes) is 12. The van der Waals surface area contributed by atoms with Gasteiger partial charge in [0.1, 0.15) is 19.6 Å². The minimum atomic E-state index is 0.596. The number of aromatic nitrogens is 3. The van der Waals surface area contributed by atoms with Crippen molar-refractivity contribution < 1.29 is 13.7 Å². The molecule has 0 bridgehead atoms. The number of nitrogens with zero attached hydrogens (tertiary/aromatic N) is 6. The van der Waals surface area contributed by atoms with Crippen molar-refractivity contribution in [2.75, 3.05) is 56.8 Å². The second-order valence-corrected chi connectivity index (χ2v) is 27.2. The molecule has 5 aromatic rings. The molecule has 0 aliphatic carbocycles. The van der Waals surface area contributed by atoms with E-state index < -0.39 is 0 Å². The summed E-state index contributed by atoms with van der Waals surface area (Å²) in [5, 5.41) is 3.41. The van der Waals surface area contributed by atoms with E-state index in [1.54, 1.807) is 33.4 Å². The summed E-state index contributed by atoms with van der Waals surface area (Å²) < 4.78 is 7.31. The van der Waals surface area contributed by atoms with Crippen LogP contribution in [-0.2, 0) is 58.2 Å². The maximum atomic E-state index is 3.53. The van der Waals surface area contributed by atoms with Gasteiger partial charge in [0.2, 0.25) is 0 Å². The highest BCUT2D eigenvalue weighted by Crippen LogP contribution is 2.32. The van der Waals surface area contributed by atoms with E-state index in [2.05, 4.69) is 207 Å². The zero-order valence-electron chi connectivity index (χ0n) is 51.0. The monoisotopic (exact) mass is 1290 g/mol. The first-order chi connectivity index (χ1) is 39.8. The molecule has 3 fully saturated rings. The molecular formula is C72H108Br3N6+3. The Hall–Kier alpha value is -2.79. The summed E-state index contributed by atoms with van der Waals surface area (Å²) in [5.74, 6) is 0. The van der Waals surface area contributed by atoms with Gasteiger partial charge in [-0.05, 0) is 246 Å². The van der Waals surface area contributed by atoms with Crippen molar-refractivity contribution in [2.24, 2.45) is 0 Å². The van der Waals surface area contributed by atoms with Crippen LogP contribution in [0.2, 0.25) is 0 Å². The Morgan fingerprint density at radius 3 is 0.815 bits per heavy atom. The van der Waals surface area contributed by atoms with E-state index >= 15 is 0 Å². The molecule has 9 heteroatoms. The highest BCUT2D eigenvalue weighted by molar-refractivity contribution is 9.09. The molecule has 3 atom stereocenters. The number of hydrogen-bond acceptors (Lipinski definition) is 3. The fourth-order valence-electron chi connectivity index (χ4n) is 13.4. The van der Waals surface area contributed by atoms with Gasteiger partial charge in [-0.25, -0.2) is 13.7 Å². The van der Waals surface area contributed by atoms with E-state index in [-0.39, 0.29) is 0 Å². The lowest BCUT2D eigenvalue weighted by Gasteiger charge is -2.18. The number of pyridine rings is 3. The lowest BCUT2D eigenvalue weighted by atomic mass is 9.95. The number of aryl methyl sites for hydroxylation is 9. The highest BCUT2D eigenvalue weighted by atomic mass is 79.9. The standard InChI is InChI=1S/C51H75N6.C21H33Br3/c1-52-28-16-25-49(52)46-22-13-34-55(40-46)31-10-4-7-19-43-37-44(20-8-5-11-32-56-35-14-23-47(41-56)50-26-17-29-53(50)2)39-45(38-43)21-9-6-12-33-57-36-15-24-48(42-57)51-27-18-30-54(51)3;22-13-7-1-4-10-19-16-20(11-5-2-8-14-23)18-21(17-19)12-6-3-9-15-24/h13-15,22-24,34-42,49-51H,4-12,16-21,25-33H2,1-3H3;16-18H,1-15H2/q+3;/t49-,50-,51-;/m0./s1. The van der Waals surface area contributed by atoms with Crippen LogP contribution in [0.4, 0.5) is 0 Å². The third-order valence-electron chi connectivity index (χ3n) is 18.0. The van der Waals surface area contributed by atoms with E-state index in [0.717, 1.165) is 35.6 Å². The lowest BCUT2D eigenvalue weighted by molar-refractivity contribution is -0.698. The summed E-state index contributed by atoms with van der Waals surface area (Å²) >= 11 is 10.6. The van der Waals surface area contributed by atoms with E-state index in [4.69, 9.17) is 0 Å². The van der Waals surface area contributed by atoms with Crippen LogP contribution in [0.5, 0.6) is 0 Å². The molecule has 0 spiro atoms. The Labute approximate surface area is 519 Å². The molecule has 3 aliphatic heterocycles. The van der Waals surface area contributed by atoms with Crippen molar-refractivity contribution in [3.63, 3.8) is 0 Å². The predicted molar refractivity (Wildman–Crippen MR) is 353 cm³/mol. The van der Waals surface area contributed by atoms with Crippen molar-refractivity contribution in [3.05, 3.63) is 160 Å². The highest BCUT2D eigenvalue weighted by Gasteiger charge is 2.27. The van der Waals surface area contributed by atoms with Gasteiger partial charge in [0.05, 0.1) is 0 Å². The topological polar surface area (TPSA) is 21.4 Å². The van der Waals surface area contributed by atoms with Crippen LogP contribution in [0, 0.1) is 0 Å². The molecule has 0 saturated carbocycles. The van der Waals surface area contributed by atoms with Crippen molar-refractivity contribution >= 4 is 47.8 Å². The number of rotatable bonds is 36. The number of likely N-dealkylation sites (tertiary alicyclic amines) is 3. The van der Waals surface area contributed by atoms with Crippen LogP contribution in [0.3, 0.4) is 0 Å². The largest absolute Gasteiger partial charge is 0.299 e. The number of benzene rings is 2. The average Bonchev–Trinajstić information content (AvgIpc) is 4.25. The Morgan fingerprint density at radius 1 is 0.346 bits per heavy atom. The summed E-state index contributed by atoms with van der Waals surface area (Å²) in [7, 11) is 6.84. The van der Waals surface area contributed by atoms with Crippen molar-refractivity contribution in [1.29, 1.82) is 0 Å². The molecule has 0 radical (unpaired) electrons. The Morgan fingerprint density at radius 2 is 0.593 bits per heavy atom. The minimum Gasteiger partial charge on any atom is -0.299 e. The first kappa shape index (κ1) is 65.7. The zero-order chi connectivity index (χ0) is 56.7. The van der Waals surface area contributed by atoms with Crippen LogP contribution in [0.25, 0.3) is 0 Å². The van der Waals surface area contributed by atoms with Gasteiger partial charge in [-0.1, -0.05) is 103 Å². The quantitative estimate of drug-likeness (QED) is 0.0227. The lowest BCUT2D eigenvalue weighted by Crippen LogP contribution is -2.34. The molecule has 0 unspecified atom stereocenters. The SMILES string of the molecule is BrCCCCCc1cc(CCCCCBr)cc(CCCCCBr)c1.CN1CCC[C@H]1c1ccc[n+](CCCCCc2cc(CCCCC[n+]3cccc([C@@H]4CCCN4C)c3)cc(CCCCC[n+]3cccc([C@@H]4CCCN4C)c3)c2)c1. The van der Waals surface area contributed by atoms with E-state index in [1.165, 1.54) is 229 Å². The molecule has 81 heavy (non-hydrogen) atoms. The molecule has 3 saturated heterocycles. The van der Waals surface area contributed by atoms with Gasteiger partial charge in [-0.3, -0.25) is 14.7 Å². The van der Waals surface area contributed by atoms with Gasteiger partial charge in [0.15, 0.2) is 37.2 Å². The fraction of sp³-hybridized carbons (Fsp3) is 0.625. The van der Waals surface area contributed by atoms with Crippen molar-refractivity contribution in [3.8, 4) is 0 Å². The van der Waals surface area contributed by atoms with Crippen molar-refractivity contribution in [1.82, 2.24) is 14.7 Å². The Balaban J connectivity index is 0.000000331. The predicted octanol–water partition coefficient (Wildman–Crippen LogP) is 17.1. The minimum absolute atomic E-state index is 0.596. The molecule has 0 N–H and O–H groups in total. The van der Waals surface area contributed by atoms with E-state index in [1.807, 2.05) is 0 Å². The Bertz CT molecular complexity index is 2220. The van der Waals surface area contributed by atoms with Gasteiger partial charge in [0, 0.05) is 88.3 Å².